The Balaban J connectivity index is 1.88. The SMILES string of the molecule is CC(C)(C)OC(=O)[C@]1(/C=C/c2ccccc2)C[C@H]1c1ccccc1. The van der Waals surface area contributed by atoms with Crippen LogP contribution in [0, 0.1) is 5.41 Å². The van der Waals surface area contributed by atoms with Crippen LogP contribution in [0.5, 0.6) is 0 Å². The minimum absolute atomic E-state index is 0.129. The Morgan fingerprint density at radius 3 is 2.21 bits per heavy atom. The van der Waals surface area contributed by atoms with Gasteiger partial charge in [-0.2, -0.15) is 0 Å². The maximum Gasteiger partial charge on any atom is 0.317 e. The quantitative estimate of drug-likeness (QED) is 0.722. The van der Waals surface area contributed by atoms with Gasteiger partial charge in [-0.3, -0.25) is 4.79 Å². The summed E-state index contributed by atoms with van der Waals surface area (Å²) in [6, 6.07) is 20.3. The van der Waals surface area contributed by atoms with Crippen molar-refractivity contribution in [3.63, 3.8) is 0 Å². The van der Waals surface area contributed by atoms with Crippen molar-refractivity contribution in [3.05, 3.63) is 77.9 Å². The zero-order valence-electron chi connectivity index (χ0n) is 14.5. The molecule has 124 valence electrons. The third kappa shape index (κ3) is 3.59. The zero-order chi connectivity index (χ0) is 17.2. The molecule has 0 saturated heterocycles. The smallest absolute Gasteiger partial charge is 0.317 e. The van der Waals surface area contributed by atoms with Gasteiger partial charge < -0.3 is 4.74 Å². The molecule has 2 nitrogen and oxygen atoms in total. The summed E-state index contributed by atoms with van der Waals surface area (Å²) >= 11 is 0. The van der Waals surface area contributed by atoms with Crippen LogP contribution in [0.4, 0.5) is 0 Å². The van der Waals surface area contributed by atoms with Crippen molar-refractivity contribution in [2.45, 2.75) is 38.7 Å². The zero-order valence-corrected chi connectivity index (χ0v) is 14.5. The first kappa shape index (κ1) is 16.5. The summed E-state index contributed by atoms with van der Waals surface area (Å²) in [6.45, 7) is 5.75. The molecule has 1 fully saturated rings. The lowest BCUT2D eigenvalue weighted by atomic mass is 9.97. The highest BCUT2D eigenvalue weighted by Gasteiger charge is 2.60. The van der Waals surface area contributed by atoms with Gasteiger partial charge in [-0.1, -0.05) is 72.8 Å². The molecule has 0 radical (unpaired) electrons. The fraction of sp³-hybridized carbons (Fsp3) is 0.318. The van der Waals surface area contributed by atoms with Gasteiger partial charge in [-0.25, -0.2) is 0 Å². The highest BCUT2D eigenvalue weighted by atomic mass is 16.6. The highest BCUT2D eigenvalue weighted by Crippen LogP contribution is 2.61. The molecule has 0 heterocycles. The molecule has 2 heteroatoms. The molecule has 2 aromatic rings. The molecule has 0 N–H and O–H groups in total. The van der Waals surface area contributed by atoms with E-state index in [0.29, 0.717) is 0 Å². The minimum atomic E-state index is -0.551. The molecule has 0 amide bonds. The third-order valence-corrected chi connectivity index (χ3v) is 4.36. The summed E-state index contributed by atoms with van der Waals surface area (Å²) in [6.07, 6.45) is 4.87. The predicted molar refractivity (Wildman–Crippen MR) is 97.6 cm³/mol. The monoisotopic (exact) mass is 320 g/mol. The molecular weight excluding hydrogens is 296 g/mol. The number of esters is 1. The van der Waals surface area contributed by atoms with E-state index in [9.17, 15) is 4.79 Å². The van der Waals surface area contributed by atoms with Crippen molar-refractivity contribution >= 4 is 12.0 Å². The fourth-order valence-corrected chi connectivity index (χ4v) is 3.04. The van der Waals surface area contributed by atoms with Crippen LogP contribution in [0.25, 0.3) is 6.08 Å². The summed E-state index contributed by atoms with van der Waals surface area (Å²) in [4.78, 5) is 12.9. The Morgan fingerprint density at radius 2 is 1.62 bits per heavy atom. The summed E-state index contributed by atoms with van der Waals surface area (Å²) < 4.78 is 5.71. The van der Waals surface area contributed by atoms with Crippen LogP contribution >= 0.6 is 0 Å². The molecule has 0 unspecified atom stereocenters. The van der Waals surface area contributed by atoms with Gasteiger partial charge >= 0.3 is 5.97 Å². The number of benzene rings is 2. The highest BCUT2D eigenvalue weighted by molar-refractivity contribution is 5.86. The van der Waals surface area contributed by atoms with Gasteiger partial charge in [0.1, 0.15) is 5.60 Å². The van der Waals surface area contributed by atoms with E-state index in [2.05, 4.69) is 12.1 Å². The number of hydrogen-bond donors (Lipinski definition) is 0. The average molecular weight is 320 g/mol. The van der Waals surface area contributed by atoms with Crippen molar-refractivity contribution in [1.29, 1.82) is 0 Å². The van der Waals surface area contributed by atoms with Crippen molar-refractivity contribution < 1.29 is 9.53 Å². The van der Waals surface area contributed by atoms with Crippen LogP contribution in [-0.4, -0.2) is 11.6 Å². The molecule has 1 aliphatic rings. The van der Waals surface area contributed by atoms with Crippen LogP contribution in [0.1, 0.15) is 44.2 Å². The lowest BCUT2D eigenvalue weighted by Crippen LogP contribution is -2.29. The molecule has 3 rings (SSSR count). The van der Waals surface area contributed by atoms with Gasteiger partial charge in [-0.15, -0.1) is 0 Å². The Labute approximate surface area is 144 Å². The van der Waals surface area contributed by atoms with E-state index in [1.165, 1.54) is 5.56 Å². The Bertz CT molecular complexity index is 726. The van der Waals surface area contributed by atoms with E-state index >= 15 is 0 Å². The van der Waals surface area contributed by atoms with Gasteiger partial charge in [-0.05, 0) is 38.3 Å². The van der Waals surface area contributed by atoms with E-state index in [4.69, 9.17) is 4.74 Å². The largest absolute Gasteiger partial charge is 0.459 e. The summed E-state index contributed by atoms with van der Waals surface area (Å²) in [7, 11) is 0. The van der Waals surface area contributed by atoms with E-state index in [0.717, 1.165) is 12.0 Å². The topological polar surface area (TPSA) is 26.3 Å². The third-order valence-electron chi connectivity index (χ3n) is 4.36. The first-order valence-electron chi connectivity index (χ1n) is 8.43. The predicted octanol–water partition coefficient (Wildman–Crippen LogP) is 5.22. The van der Waals surface area contributed by atoms with Crippen LogP contribution in [-0.2, 0) is 9.53 Å². The standard InChI is InChI=1S/C22H24O2/c1-21(2,3)24-20(23)22(15-14-17-10-6-4-7-11-17)16-19(22)18-12-8-5-9-13-18/h4-15,19H,16H2,1-3H3/b15-14+/t19-,22+/m0/s1. The van der Waals surface area contributed by atoms with Gasteiger partial charge in [0.25, 0.3) is 0 Å². The van der Waals surface area contributed by atoms with E-state index in [-0.39, 0.29) is 11.9 Å². The maximum atomic E-state index is 12.9. The number of rotatable bonds is 4. The Morgan fingerprint density at radius 1 is 1.04 bits per heavy atom. The summed E-state index contributed by atoms with van der Waals surface area (Å²) in [5, 5.41) is 0. The van der Waals surface area contributed by atoms with Crippen LogP contribution in [0.15, 0.2) is 66.7 Å². The van der Waals surface area contributed by atoms with E-state index in [1.54, 1.807) is 0 Å². The first-order chi connectivity index (χ1) is 11.4. The van der Waals surface area contributed by atoms with Gasteiger partial charge in [0.05, 0.1) is 5.41 Å². The first-order valence-corrected chi connectivity index (χ1v) is 8.43. The molecule has 1 aliphatic carbocycles. The molecular formula is C22H24O2. The van der Waals surface area contributed by atoms with Crippen LogP contribution < -0.4 is 0 Å². The molecule has 0 aliphatic heterocycles. The lowest BCUT2D eigenvalue weighted by molar-refractivity contribution is -0.159. The number of ether oxygens (including phenoxy) is 1. The molecule has 2 aromatic carbocycles. The van der Waals surface area contributed by atoms with E-state index < -0.39 is 11.0 Å². The van der Waals surface area contributed by atoms with Crippen molar-refractivity contribution in [1.82, 2.24) is 0 Å². The van der Waals surface area contributed by atoms with Crippen LogP contribution in [0.3, 0.4) is 0 Å². The Kier molecular flexibility index (Phi) is 4.31. The fourth-order valence-electron chi connectivity index (χ4n) is 3.04. The second kappa shape index (κ2) is 6.27. The Hall–Kier alpha value is -2.35. The van der Waals surface area contributed by atoms with E-state index in [1.807, 2.05) is 81.5 Å². The van der Waals surface area contributed by atoms with Gasteiger partial charge in [0, 0.05) is 5.92 Å². The minimum Gasteiger partial charge on any atom is -0.459 e. The van der Waals surface area contributed by atoms with Crippen molar-refractivity contribution in [2.75, 3.05) is 0 Å². The lowest BCUT2D eigenvalue weighted by Gasteiger charge is -2.23. The van der Waals surface area contributed by atoms with Gasteiger partial charge in [0.15, 0.2) is 0 Å². The molecule has 0 bridgehead atoms. The summed E-state index contributed by atoms with van der Waals surface area (Å²) in [5.74, 6) is 0.0598. The average Bonchev–Trinajstić information content (AvgIpc) is 3.29. The molecule has 0 aromatic heterocycles. The van der Waals surface area contributed by atoms with Crippen LogP contribution in [0.2, 0.25) is 0 Å². The number of carbonyl (C=O) groups is 1. The second-order valence-corrected chi connectivity index (χ2v) is 7.45. The molecule has 24 heavy (non-hydrogen) atoms. The van der Waals surface area contributed by atoms with Gasteiger partial charge in [0.2, 0.25) is 0 Å². The number of hydrogen-bond acceptors (Lipinski definition) is 2. The van der Waals surface area contributed by atoms with Crippen molar-refractivity contribution in [2.24, 2.45) is 5.41 Å². The van der Waals surface area contributed by atoms with Crippen molar-refractivity contribution in [3.8, 4) is 0 Å². The molecule has 2 atom stereocenters. The number of carbonyl (C=O) groups excluding carboxylic acids is 1. The molecule has 0 spiro atoms. The maximum absolute atomic E-state index is 12.9. The normalized spacial score (nSPS) is 23.2. The molecule has 1 saturated carbocycles. The summed E-state index contributed by atoms with van der Waals surface area (Å²) in [5.41, 5.74) is 1.26. The second-order valence-electron chi connectivity index (χ2n) is 7.45.